The van der Waals surface area contributed by atoms with E-state index in [-0.39, 0.29) is 24.3 Å². The predicted molar refractivity (Wildman–Crippen MR) is 99.6 cm³/mol. The Morgan fingerprint density at radius 1 is 1.19 bits per heavy atom. The van der Waals surface area contributed by atoms with Crippen LogP contribution in [0.15, 0.2) is 60.0 Å². The number of carbonyl (C=O) groups excluding carboxylic acids is 1. The highest BCUT2D eigenvalue weighted by Crippen LogP contribution is 2.34. The van der Waals surface area contributed by atoms with Crippen LogP contribution >= 0.6 is 11.8 Å². The average Bonchev–Trinajstić information content (AvgIpc) is 3.30. The molecule has 1 aliphatic rings. The summed E-state index contributed by atoms with van der Waals surface area (Å²) in [5.41, 5.74) is 1.61. The van der Waals surface area contributed by atoms with Crippen molar-refractivity contribution < 1.29 is 18.7 Å². The van der Waals surface area contributed by atoms with Crippen molar-refractivity contribution >= 4 is 23.4 Å². The molecule has 2 heterocycles. The fraction of sp³-hybridized carbons (Fsp3) is 0.158. The van der Waals surface area contributed by atoms with Crippen molar-refractivity contribution in [3.63, 3.8) is 0 Å². The summed E-state index contributed by atoms with van der Waals surface area (Å²) in [6, 6.07) is 11.6. The first-order chi connectivity index (χ1) is 13.2. The van der Waals surface area contributed by atoms with Crippen LogP contribution in [0, 0.1) is 5.82 Å². The van der Waals surface area contributed by atoms with Crippen molar-refractivity contribution in [2.24, 2.45) is 0 Å². The quantitative estimate of drug-likeness (QED) is 0.658. The minimum absolute atomic E-state index is 0.143. The van der Waals surface area contributed by atoms with Gasteiger partial charge in [-0.3, -0.25) is 4.79 Å². The van der Waals surface area contributed by atoms with Gasteiger partial charge in [0, 0.05) is 30.7 Å². The first-order valence-electron chi connectivity index (χ1n) is 8.25. The lowest BCUT2D eigenvalue weighted by Crippen LogP contribution is -2.14. The van der Waals surface area contributed by atoms with Crippen LogP contribution in [0.2, 0.25) is 0 Å². The van der Waals surface area contributed by atoms with E-state index in [0.717, 1.165) is 10.7 Å². The smallest absolute Gasteiger partial charge is 0.234 e. The molecule has 27 heavy (non-hydrogen) atoms. The van der Waals surface area contributed by atoms with Gasteiger partial charge in [-0.15, -0.1) is 0 Å². The number of nitrogens with zero attached hydrogens (tertiary/aromatic N) is 2. The summed E-state index contributed by atoms with van der Waals surface area (Å²) in [5.74, 6) is 1.10. The number of hydrogen-bond donors (Lipinski definition) is 1. The van der Waals surface area contributed by atoms with Crippen molar-refractivity contribution in [1.29, 1.82) is 0 Å². The highest BCUT2D eigenvalue weighted by atomic mass is 32.2. The summed E-state index contributed by atoms with van der Waals surface area (Å²) in [5, 5.41) is 3.56. The Hall–Kier alpha value is -3.00. The normalized spacial score (nSPS) is 12.2. The van der Waals surface area contributed by atoms with Gasteiger partial charge in [-0.1, -0.05) is 23.9 Å². The summed E-state index contributed by atoms with van der Waals surface area (Å²) in [6.45, 7) is 0.756. The van der Waals surface area contributed by atoms with Gasteiger partial charge in [-0.2, -0.15) is 0 Å². The standard InChI is InChI=1S/C19H16FN3O3S/c20-14-3-1-13(2-4-14)10-23-8-7-21-19(23)27-11-18(24)22-15-5-6-16-17(9-15)26-12-25-16/h1-9H,10-12H2,(H,22,24). The van der Waals surface area contributed by atoms with E-state index < -0.39 is 0 Å². The topological polar surface area (TPSA) is 65.4 Å². The van der Waals surface area contributed by atoms with E-state index in [2.05, 4.69) is 10.3 Å². The van der Waals surface area contributed by atoms with Gasteiger partial charge < -0.3 is 19.4 Å². The maximum atomic E-state index is 13.0. The van der Waals surface area contributed by atoms with Gasteiger partial charge in [-0.25, -0.2) is 9.37 Å². The molecule has 0 aliphatic carbocycles. The first kappa shape index (κ1) is 17.4. The molecule has 1 N–H and O–H groups in total. The van der Waals surface area contributed by atoms with Gasteiger partial charge in [0.2, 0.25) is 12.7 Å². The molecule has 0 saturated carbocycles. The van der Waals surface area contributed by atoms with E-state index >= 15 is 0 Å². The molecule has 0 fully saturated rings. The number of halogens is 1. The number of nitrogens with one attached hydrogen (secondary N) is 1. The second-order valence-corrected chi connectivity index (χ2v) is 6.81. The second kappa shape index (κ2) is 7.71. The van der Waals surface area contributed by atoms with Gasteiger partial charge in [0.15, 0.2) is 16.7 Å². The maximum absolute atomic E-state index is 13.0. The van der Waals surface area contributed by atoms with Crippen LogP contribution in [0.3, 0.4) is 0 Å². The van der Waals surface area contributed by atoms with Crippen molar-refractivity contribution in [3.8, 4) is 11.5 Å². The minimum atomic E-state index is -0.265. The third-order valence-corrected chi connectivity index (χ3v) is 4.94. The number of carbonyl (C=O) groups is 1. The number of benzene rings is 2. The Labute approximate surface area is 159 Å². The summed E-state index contributed by atoms with van der Waals surface area (Å²) in [7, 11) is 0. The van der Waals surface area contributed by atoms with Crippen molar-refractivity contribution in [1.82, 2.24) is 9.55 Å². The highest BCUT2D eigenvalue weighted by Gasteiger charge is 2.14. The number of imidazole rings is 1. The number of fused-ring (bicyclic) bond motifs is 1. The molecule has 0 unspecified atom stereocenters. The zero-order valence-corrected chi connectivity index (χ0v) is 15.0. The second-order valence-electron chi connectivity index (χ2n) is 5.87. The van der Waals surface area contributed by atoms with Gasteiger partial charge >= 0.3 is 0 Å². The van der Waals surface area contributed by atoms with E-state index in [0.29, 0.717) is 23.7 Å². The van der Waals surface area contributed by atoms with Crippen molar-refractivity contribution in [3.05, 3.63) is 66.2 Å². The molecular formula is C19H16FN3O3S. The molecular weight excluding hydrogens is 369 g/mol. The SMILES string of the molecule is O=C(CSc1nccn1Cc1ccc(F)cc1)Nc1ccc2c(c1)OCO2. The van der Waals surface area contributed by atoms with Crippen LogP contribution in [0.5, 0.6) is 11.5 Å². The number of ether oxygens (including phenoxy) is 2. The van der Waals surface area contributed by atoms with Crippen LogP contribution < -0.4 is 14.8 Å². The fourth-order valence-electron chi connectivity index (χ4n) is 2.64. The maximum Gasteiger partial charge on any atom is 0.234 e. The van der Waals surface area contributed by atoms with E-state index in [1.165, 1.54) is 23.9 Å². The summed E-state index contributed by atoms with van der Waals surface area (Å²) < 4.78 is 25.5. The van der Waals surface area contributed by atoms with Crippen LogP contribution in [0.4, 0.5) is 10.1 Å². The Bertz CT molecular complexity index is 959. The zero-order valence-electron chi connectivity index (χ0n) is 14.2. The van der Waals surface area contributed by atoms with Crippen LogP contribution in [0.1, 0.15) is 5.56 Å². The molecule has 0 atom stereocenters. The van der Waals surface area contributed by atoms with Crippen molar-refractivity contribution in [2.45, 2.75) is 11.7 Å². The first-order valence-corrected chi connectivity index (χ1v) is 9.24. The molecule has 0 bridgehead atoms. The lowest BCUT2D eigenvalue weighted by atomic mass is 10.2. The number of amides is 1. The molecule has 3 aromatic rings. The number of thioether (sulfide) groups is 1. The zero-order chi connectivity index (χ0) is 18.6. The minimum Gasteiger partial charge on any atom is -0.454 e. The molecule has 4 rings (SSSR count). The van der Waals surface area contributed by atoms with Crippen LogP contribution in [-0.2, 0) is 11.3 Å². The molecule has 1 aliphatic heterocycles. The predicted octanol–water partition coefficient (Wildman–Crippen LogP) is 3.53. The molecule has 138 valence electrons. The van der Waals surface area contributed by atoms with E-state index in [9.17, 15) is 9.18 Å². The molecule has 1 amide bonds. The molecule has 0 radical (unpaired) electrons. The molecule has 0 saturated heterocycles. The molecule has 6 nitrogen and oxygen atoms in total. The Morgan fingerprint density at radius 2 is 2.00 bits per heavy atom. The van der Waals surface area contributed by atoms with Gasteiger partial charge in [0.05, 0.1) is 5.75 Å². The largest absolute Gasteiger partial charge is 0.454 e. The molecule has 0 spiro atoms. The molecule has 2 aromatic carbocycles. The van der Waals surface area contributed by atoms with Gasteiger partial charge in [0.1, 0.15) is 5.82 Å². The summed E-state index contributed by atoms with van der Waals surface area (Å²) in [4.78, 5) is 16.5. The van der Waals surface area contributed by atoms with Crippen LogP contribution in [-0.4, -0.2) is 28.0 Å². The highest BCUT2D eigenvalue weighted by molar-refractivity contribution is 7.99. The Kier molecular flexibility index (Phi) is 4.97. The number of rotatable bonds is 6. The Balaban J connectivity index is 1.34. The van der Waals surface area contributed by atoms with E-state index in [1.54, 1.807) is 36.5 Å². The van der Waals surface area contributed by atoms with Gasteiger partial charge in [-0.05, 0) is 29.8 Å². The molecule has 8 heteroatoms. The summed E-state index contributed by atoms with van der Waals surface area (Å²) >= 11 is 1.34. The van der Waals surface area contributed by atoms with E-state index in [4.69, 9.17) is 9.47 Å². The van der Waals surface area contributed by atoms with E-state index in [1.807, 2.05) is 10.8 Å². The monoisotopic (exact) mass is 385 g/mol. The lowest BCUT2D eigenvalue weighted by Gasteiger charge is -2.08. The third-order valence-electron chi connectivity index (χ3n) is 3.93. The Morgan fingerprint density at radius 3 is 2.85 bits per heavy atom. The third kappa shape index (κ3) is 4.22. The lowest BCUT2D eigenvalue weighted by molar-refractivity contribution is -0.113. The van der Waals surface area contributed by atoms with Crippen LogP contribution in [0.25, 0.3) is 0 Å². The fourth-order valence-corrected chi connectivity index (χ4v) is 3.40. The molecule has 1 aromatic heterocycles. The number of aromatic nitrogens is 2. The van der Waals surface area contributed by atoms with Gasteiger partial charge in [0.25, 0.3) is 0 Å². The number of anilines is 1. The average molecular weight is 385 g/mol. The number of hydrogen-bond acceptors (Lipinski definition) is 5. The summed E-state index contributed by atoms with van der Waals surface area (Å²) in [6.07, 6.45) is 3.52. The van der Waals surface area contributed by atoms with Crippen molar-refractivity contribution in [2.75, 3.05) is 17.9 Å².